The molecule has 0 saturated carbocycles. The highest BCUT2D eigenvalue weighted by Crippen LogP contribution is 2.22. The third-order valence-electron chi connectivity index (χ3n) is 5.43. The summed E-state index contributed by atoms with van der Waals surface area (Å²) < 4.78 is 26.7. The standard InChI is InChI=1S/C22H28N2O4S/c1-17-7-5-6-10-20(17)21(25)15-23-22(26)19-11-13-24(14-12-19)29(27,28)16-18-8-3-2-4-9-18/h2-10,19,21,25H,11-16H2,1H3,(H,23,26). The molecule has 1 aliphatic heterocycles. The number of hydrogen-bond acceptors (Lipinski definition) is 4. The minimum Gasteiger partial charge on any atom is -0.387 e. The van der Waals surface area contributed by atoms with Gasteiger partial charge < -0.3 is 10.4 Å². The molecule has 0 bridgehead atoms. The predicted molar refractivity (Wildman–Crippen MR) is 113 cm³/mol. The number of carbonyl (C=O) groups is 1. The summed E-state index contributed by atoms with van der Waals surface area (Å²) in [6.45, 7) is 2.75. The lowest BCUT2D eigenvalue weighted by atomic mass is 9.97. The molecule has 0 radical (unpaired) electrons. The van der Waals surface area contributed by atoms with Gasteiger partial charge in [0, 0.05) is 25.6 Å². The van der Waals surface area contributed by atoms with Crippen molar-refractivity contribution in [1.29, 1.82) is 0 Å². The molecule has 0 aliphatic carbocycles. The van der Waals surface area contributed by atoms with Crippen molar-refractivity contribution in [2.24, 2.45) is 5.92 Å². The Morgan fingerprint density at radius 3 is 2.38 bits per heavy atom. The summed E-state index contributed by atoms with van der Waals surface area (Å²) in [5.74, 6) is -0.382. The number of nitrogens with one attached hydrogen (secondary N) is 1. The normalized spacial score (nSPS) is 17.0. The van der Waals surface area contributed by atoms with Gasteiger partial charge >= 0.3 is 0 Å². The van der Waals surface area contributed by atoms with Gasteiger partial charge in [-0.25, -0.2) is 12.7 Å². The number of nitrogens with zero attached hydrogens (tertiary/aromatic N) is 1. The smallest absolute Gasteiger partial charge is 0.223 e. The van der Waals surface area contributed by atoms with Gasteiger partial charge in [-0.05, 0) is 36.5 Å². The first-order chi connectivity index (χ1) is 13.9. The molecule has 2 N–H and O–H groups in total. The number of aliphatic hydroxyl groups is 1. The van der Waals surface area contributed by atoms with Gasteiger partial charge in [0.15, 0.2) is 0 Å². The van der Waals surface area contributed by atoms with Crippen LogP contribution in [-0.2, 0) is 20.6 Å². The highest BCUT2D eigenvalue weighted by Gasteiger charge is 2.31. The fraction of sp³-hybridized carbons (Fsp3) is 0.409. The van der Waals surface area contributed by atoms with E-state index in [-0.39, 0.29) is 24.1 Å². The van der Waals surface area contributed by atoms with E-state index in [9.17, 15) is 18.3 Å². The van der Waals surface area contributed by atoms with Crippen LogP contribution in [0.4, 0.5) is 0 Å². The number of piperidine rings is 1. The molecule has 0 spiro atoms. The second-order valence-electron chi connectivity index (χ2n) is 7.53. The summed E-state index contributed by atoms with van der Waals surface area (Å²) in [7, 11) is -3.39. The van der Waals surface area contributed by atoms with E-state index in [1.165, 1.54) is 4.31 Å². The van der Waals surface area contributed by atoms with Crippen molar-refractivity contribution in [3.63, 3.8) is 0 Å². The minimum absolute atomic E-state index is 0.0205. The van der Waals surface area contributed by atoms with Gasteiger partial charge in [-0.2, -0.15) is 0 Å². The summed E-state index contributed by atoms with van der Waals surface area (Å²) in [6, 6.07) is 16.7. The van der Waals surface area contributed by atoms with E-state index in [4.69, 9.17) is 0 Å². The first-order valence-electron chi connectivity index (χ1n) is 9.90. The van der Waals surface area contributed by atoms with Gasteiger partial charge in [0.05, 0.1) is 11.9 Å². The molecule has 156 valence electrons. The fourth-order valence-corrected chi connectivity index (χ4v) is 5.25. The van der Waals surface area contributed by atoms with E-state index < -0.39 is 16.1 Å². The summed E-state index contributed by atoms with van der Waals surface area (Å²) in [5.41, 5.74) is 2.54. The predicted octanol–water partition coefficient (Wildman–Crippen LogP) is 2.39. The Labute approximate surface area is 172 Å². The van der Waals surface area contributed by atoms with Crippen LogP contribution in [0.5, 0.6) is 0 Å². The first kappa shape index (κ1) is 21.5. The quantitative estimate of drug-likeness (QED) is 0.726. The number of benzene rings is 2. The lowest BCUT2D eigenvalue weighted by molar-refractivity contribution is -0.126. The average molecular weight is 417 g/mol. The van der Waals surface area contributed by atoms with Crippen LogP contribution in [0.3, 0.4) is 0 Å². The monoisotopic (exact) mass is 416 g/mol. The van der Waals surface area contributed by atoms with Crippen LogP contribution >= 0.6 is 0 Å². The Balaban J connectivity index is 1.48. The van der Waals surface area contributed by atoms with Crippen molar-refractivity contribution in [3.8, 4) is 0 Å². The lowest BCUT2D eigenvalue weighted by Crippen LogP contribution is -2.44. The number of amides is 1. The maximum atomic E-state index is 12.6. The number of carbonyl (C=O) groups excluding carboxylic acids is 1. The second-order valence-corrected chi connectivity index (χ2v) is 9.50. The van der Waals surface area contributed by atoms with Gasteiger partial charge in [0.2, 0.25) is 15.9 Å². The number of aryl methyl sites for hydroxylation is 1. The van der Waals surface area contributed by atoms with Crippen molar-refractivity contribution in [2.45, 2.75) is 31.6 Å². The van der Waals surface area contributed by atoms with Crippen LogP contribution in [0, 0.1) is 12.8 Å². The van der Waals surface area contributed by atoms with Crippen LogP contribution in [0.1, 0.15) is 35.6 Å². The van der Waals surface area contributed by atoms with Gasteiger partial charge in [0.25, 0.3) is 0 Å². The van der Waals surface area contributed by atoms with E-state index >= 15 is 0 Å². The third kappa shape index (κ3) is 5.65. The van der Waals surface area contributed by atoms with Crippen molar-refractivity contribution in [2.75, 3.05) is 19.6 Å². The molecule has 0 aromatic heterocycles. The van der Waals surface area contributed by atoms with Gasteiger partial charge in [-0.1, -0.05) is 54.6 Å². The maximum Gasteiger partial charge on any atom is 0.223 e. The number of aliphatic hydroxyl groups excluding tert-OH is 1. The van der Waals surface area contributed by atoms with E-state index in [2.05, 4.69) is 5.32 Å². The molecule has 1 amide bonds. The van der Waals surface area contributed by atoms with Crippen LogP contribution < -0.4 is 5.32 Å². The zero-order valence-corrected chi connectivity index (χ0v) is 17.4. The molecule has 1 fully saturated rings. The molecule has 29 heavy (non-hydrogen) atoms. The molecule has 7 heteroatoms. The molecule has 1 aliphatic rings. The van der Waals surface area contributed by atoms with Gasteiger partial charge in [-0.15, -0.1) is 0 Å². The van der Waals surface area contributed by atoms with E-state index in [1.807, 2.05) is 49.4 Å². The molecular formula is C22H28N2O4S. The van der Waals surface area contributed by atoms with E-state index in [1.54, 1.807) is 12.1 Å². The Kier molecular flexibility index (Phi) is 7.05. The first-order valence-corrected chi connectivity index (χ1v) is 11.5. The molecule has 2 aromatic rings. The van der Waals surface area contributed by atoms with Crippen LogP contribution in [0.15, 0.2) is 54.6 Å². The lowest BCUT2D eigenvalue weighted by Gasteiger charge is -2.30. The number of sulfonamides is 1. The largest absolute Gasteiger partial charge is 0.387 e. The maximum absolute atomic E-state index is 12.6. The van der Waals surface area contributed by atoms with Crippen molar-refractivity contribution in [3.05, 3.63) is 71.3 Å². The summed E-state index contributed by atoms with van der Waals surface area (Å²) >= 11 is 0. The molecule has 3 rings (SSSR count). The summed E-state index contributed by atoms with van der Waals surface area (Å²) in [4.78, 5) is 12.5. The van der Waals surface area contributed by atoms with Crippen molar-refractivity contribution in [1.82, 2.24) is 9.62 Å². The van der Waals surface area contributed by atoms with Crippen molar-refractivity contribution < 1.29 is 18.3 Å². The third-order valence-corrected chi connectivity index (χ3v) is 7.28. The minimum atomic E-state index is -3.39. The number of rotatable bonds is 7. The molecule has 1 saturated heterocycles. The average Bonchev–Trinajstić information content (AvgIpc) is 2.72. The molecule has 1 unspecified atom stereocenters. The molecule has 6 nitrogen and oxygen atoms in total. The fourth-order valence-electron chi connectivity index (χ4n) is 3.68. The SMILES string of the molecule is Cc1ccccc1C(O)CNC(=O)C1CCN(S(=O)(=O)Cc2ccccc2)CC1. The molecular weight excluding hydrogens is 388 g/mol. The molecule has 1 atom stereocenters. The Bertz CT molecular complexity index is 923. The van der Waals surface area contributed by atoms with Crippen LogP contribution in [0.25, 0.3) is 0 Å². The van der Waals surface area contributed by atoms with E-state index in [0.717, 1.165) is 16.7 Å². The summed E-state index contributed by atoms with van der Waals surface area (Å²) in [5, 5.41) is 13.1. The topological polar surface area (TPSA) is 86.7 Å². The zero-order valence-electron chi connectivity index (χ0n) is 16.6. The highest BCUT2D eigenvalue weighted by molar-refractivity contribution is 7.88. The van der Waals surface area contributed by atoms with Gasteiger partial charge in [-0.3, -0.25) is 4.79 Å². The Hall–Kier alpha value is -2.22. The number of hydrogen-bond donors (Lipinski definition) is 2. The van der Waals surface area contributed by atoms with Crippen LogP contribution in [0.2, 0.25) is 0 Å². The molecule has 2 aromatic carbocycles. The Morgan fingerprint density at radius 2 is 1.72 bits per heavy atom. The Morgan fingerprint density at radius 1 is 1.10 bits per heavy atom. The second kappa shape index (κ2) is 9.52. The van der Waals surface area contributed by atoms with Crippen molar-refractivity contribution >= 4 is 15.9 Å². The van der Waals surface area contributed by atoms with E-state index in [0.29, 0.717) is 25.9 Å². The zero-order chi connectivity index (χ0) is 20.9. The van der Waals surface area contributed by atoms with Crippen LogP contribution in [-0.4, -0.2) is 43.4 Å². The summed E-state index contributed by atoms with van der Waals surface area (Å²) in [6.07, 6.45) is 0.215. The molecule has 1 heterocycles. The van der Waals surface area contributed by atoms with Gasteiger partial charge in [0.1, 0.15) is 0 Å². The highest BCUT2D eigenvalue weighted by atomic mass is 32.2.